The summed E-state index contributed by atoms with van der Waals surface area (Å²) in [6.07, 6.45) is 0. The summed E-state index contributed by atoms with van der Waals surface area (Å²) < 4.78 is 0. The molecule has 4 nitrogen and oxygen atoms in total. The predicted octanol–water partition coefficient (Wildman–Crippen LogP) is 1.23. The fraction of sp³-hybridized carbons (Fsp3) is 0.917. The molecule has 2 rings (SSSR count). The largest absolute Gasteiger partial charge is 0.320 e. The van der Waals surface area contributed by atoms with Gasteiger partial charge in [0.15, 0.2) is 0 Å². The quantitative estimate of drug-likeness (QED) is 0.706. The Kier molecular flexibility index (Phi) is 3.10. The van der Waals surface area contributed by atoms with Crippen LogP contribution in [0.3, 0.4) is 0 Å². The van der Waals surface area contributed by atoms with Gasteiger partial charge in [-0.15, -0.1) is 0 Å². The van der Waals surface area contributed by atoms with Gasteiger partial charge in [-0.2, -0.15) is 0 Å². The molecule has 0 aromatic carbocycles. The average Bonchev–Trinajstić information content (AvgIpc) is 2.55. The highest BCUT2D eigenvalue weighted by molar-refractivity contribution is 5.77. The summed E-state index contributed by atoms with van der Waals surface area (Å²) >= 11 is 0. The first-order valence-corrected chi connectivity index (χ1v) is 6.32. The zero-order valence-corrected chi connectivity index (χ0v) is 10.8. The highest BCUT2D eigenvalue weighted by Crippen LogP contribution is 2.23. The zero-order chi connectivity index (χ0) is 11.9. The number of amides is 2. The molecule has 16 heavy (non-hydrogen) atoms. The van der Waals surface area contributed by atoms with Crippen LogP contribution in [0.2, 0.25) is 0 Å². The normalized spacial score (nSPS) is 27.1. The van der Waals surface area contributed by atoms with E-state index >= 15 is 0 Å². The van der Waals surface area contributed by atoms with Gasteiger partial charge in [-0.05, 0) is 27.7 Å². The van der Waals surface area contributed by atoms with Crippen molar-refractivity contribution < 1.29 is 4.79 Å². The number of hydrogen-bond donors (Lipinski definition) is 0. The van der Waals surface area contributed by atoms with Crippen molar-refractivity contribution in [1.29, 1.82) is 0 Å². The van der Waals surface area contributed by atoms with Gasteiger partial charge in [-0.25, -0.2) is 4.79 Å². The van der Waals surface area contributed by atoms with Gasteiger partial charge in [0.1, 0.15) is 0 Å². The van der Waals surface area contributed by atoms with Gasteiger partial charge in [0, 0.05) is 38.3 Å². The molecule has 2 aliphatic heterocycles. The van der Waals surface area contributed by atoms with E-state index in [-0.39, 0.29) is 6.03 Å². The first-order valence-electron chi connectivity index (χ1n) is 6.32. The molecule has 2 fully saturated rings. The maximum absolute atomic E-state index is 12.1. The minimum Gasteiger partial charge on any atom is -0.320 e. The molecule has 1 unspecified atom stereocenters. The minimum atomic E-state index is 0.239. The SMILES string of the molecule is CC(C)N1CCN2C(=O)N(C(C)C)CC2C1. The van der Waals surface area contributed by atoms with E-state index in [4.69, 9.17) is 0 Å². The molecule has 0 bridgehead atoms. The second kappa shape index (κ2) is 4.24. The third-order valence-electron chi connectivity index (χ3n) is 3.77. The summed E-state index contributed by atoms with van der Waals surface area (Å²) in [5, 5.41) is 0. The van der Waals surface area contributed by atoms with E-state index in [2.05, 4.69) is 37.5 Å². The molecule has 0 N–H and O–H groups in total. The maximum Gasteiger partial charge on any atom is 0.320 e. The van der Waals surface area contributed by atoms with Crippen LogP contribution in [0.25, 0.3) is 0 Å². The van der Waals surface area contributed by atoms with Crippen molar-refractivity contribution in [3.8, 4) is 0 Å². The van der Waals surface area contributed by atoms with Crippen molar-refractivity contribution in [1.82, 2.24) is 14.7 Å². The number of rotatable bonds is 2. The maximum atomic E-state index is 12.1. The monoisotopic (exact) mass is 225 g/mol. The lowest BCUT2D eigenvalue weighted by Crippen LogP contribution is -2.53. The van der Waals surface area contributed by atoms with Crippen LogP contribution in [0.4, 0.5) is 4.79 Å². The van der Waals surface area contributed by atoms with Gasteiger partial charge < -0.3 is 9.80 Å². The Hall–Kier alpha value is -0.770. The predicted molar refractivity (Wildman–Crippen MR) is 64.4 cm³/mol. The van der Waals surface area contributed by atoms with Crippen LogP contribution < -0.4 is 0 Å². The molecule has 0 saturated carbocycles. The molecule has 0 spiro atoms. The summed E-state index contributed by atoms with van der Waals surface area (Å²) in [6.45, 7) is 12.5. The van der Waals surface area contributed by atoms with Crippen molar-refractivity contribution in [3.05, 3.63) is 0 Å². The lowest BCUT2D eigenvalue weighted by atomic mass is 10.1. The van der Waals surface area contributed by atoms with Gasteiger partial charge in [0.25, 0.3) is 0 Å². The Balaban J connectivity index is 2.04. The van der Waals surface area contributed by atoms with Crippen LogP contribution in [0.15, 0.2) is 0 Å². The smallest absolute Gasteiger partial charge is 0.320 e. The Labute approximate surface area is 98.2 Å². The number of nitrogens with zero attached hydrogens (tertiary/aromatic N) is 3. The highest BCUT2D eigenvalue weighted by Gasteiger charge is 2.41. The molecule has 4 heteroatoms. The van der Waals surface area contributed by atoms with Crippen molar-refractivity contribution in [2.75, 3.05) is 26.2 Å². The van der Waals surface area contributed by atoms with Gasteiger partial charge >= 0.3 is 6.03 Å². The molecule has 0 radical (unpaired) electrons. The zero-order valence-electron chi connectivity index (χ0n) is 10.8. The number of urea groups is 1. The lowest BCUT2D eigenvalue weighted by Gasteiger charge is -2.38. The van der Waals surface area contributed by atoms with E-state index < -0.39 is 0 Å². The first kappa shape index (κ1) is 11.7. The van der Waals surface area contributed by atoms with Crippen molar-refractivity contribution in [3.63, 3.8) is 0 Å². The van der Waals surface area contributed by atoms with E-state index in [9.17, 15) is 4.79 Å². The molecular formula is C12H23N3O. The summed E-state index contributed by atoms with van der Waals surface area (Å²) in [5.74, 6) is 0. The topological polar surface area (TPSA) is 26.8 Å². The molecule has 0 aromatic heterocycles. The van der Waals surface area contributed by atoms with E-state index in [1.165, 1.54) is 0 Å². The Morgan fingerprint density at radius 1 is 1.06 bits per heavy atom. The Morgan fingerprint density at radius 3 is 2.31 bits per heavy atom. The highest BCUT2D eigenvalue weighted by atomic mass is 16.2. The van der Waals surface area contributed by atoms with E-state index in [1.807, 2.05) is 4.90 Å². The molecule has 92 valence electrons. The molecule has 1 atom stereocenters. The summed E-state index contributed by atoms with van der Waals surface area (Å²) in [4.78, 5) is 18.6. The Morgan fingerprint density at radius 2 is 1.75 bits per heavy atom. The molecular weight excluding hydrogens is 202 g/mol. The third-order valence-corrected chi connectivity index (χ3v) is 3.77. The molecule has 2 amide bonds. The summed E-state index contributed by atoms with van der Waals surface area (Å²) in [5.41, 5.74) is 0. The van der Waals surface area contributed by atoms with Crippen LogP contribution in [0, 0.1) is 0 Å². The molecule has 0 aromatic rings. The molecule has 2 saturated heterocycles. The first-order chi connectivity index (χ1) is 7.50. The number of hydrogen-bond acceptors (Lipinski definition) is 2. The van der Waals surface area contributed by atoms with Crippen molar-refractivity contribution >= 4 is 6.03 Å². The van der Waals surface area contributed by atoms with Crippen molar-refractivity contribution in [2.45, 2.75) is 45.8 Å². The Bertz CT molecular complexity index is 277. The van der Waals surface area contributed by atoms with Gasteiger partial charge in [-0.1, -0.05) is 0 Å². The summed E-state index contributed by atoms with van der Waals surface area (Å²) in [6, 6.07) is 1.56. The standard InChI is InChI=1S/C12H23N3O/c1-9(2)13-5-6-14-11(7-13)8-15(10(3)4)12(14)16/h9-11H,5-8H2,1-4H3. The van der Waals surface area contributed by atoms with Crippen LogP contribution >= 0.6 is 0 Å². The van der Waals surface area contributed by atoms with Crippen LogP contribution in [-0.2, 0) is 0 Å². The fourth-order valence-corrected chi connectivity index (χ4v) is 2.66. The fourth-order valence-electron chi connectivity index (χ4n) is 2.66. The van der Waals surface area contributed by atoms with Crippen molar-refractivity contribution in [2.24, 2.45) is 0 Å². The molecule has 0 aliphatic carbocycles. The van der Waals surface area contributed by atoms with E-state index in [0.717, 1.165) is 26.2 Å². The van der Waals surface area contributed by atoms with Crippen LogP contribution in [0.1, 0.15) is 27.7 Å². The second-order valence-electron chi connectivity index (χ2n) is 5.46. The number of piperazine rings is 1. The number of fused-ring (bicyclic) bond motifs is 1. The average molecular weight is 225 g/mol. The van der Waals surface area contributed by atoms with E-state index in [1.54, 1.807) is 0 Å². The number of carbonyl (C=O) groups excluding carboxylic acids is 1. The molecule has 2 aliphatic rings. The third kappa shape index (κ3) is 1.90. The summed E-state index contributed by atoms with van der Waals surface area (Å²) in [7, 11) is 0. The second-order valence-corrected chi connectivity index (χ2v) is 5.46. The van der Waals surface area contributed by atoms with Crippen LogP contribution in [-0.4, -0.2) is 65.0 Å². The lowest BCUT2D eigenvalue weighted by molar-refractivity contribution is 0.0995. The van der Waals surface area contributed by atoms with Gasteiger partial charge in [-0.3, -0.25) is 4.90 Å². The van der Waals surface area contributed by atoms with E-state index in [0.29, 0.717) is 18.1 Å². The van der Waals surface area contributed by atoms with Gasteiger partial charge in [0.05, 0.1) is 6.04 Å². The molecule has 2 heterocycles. The minimum absolute atomic E-state index is 0.239. The number of carbonyl (C=O) groups is 1. The van der Waals surface area contributed by atoms with Gasteiger partial charge in [0.2, 0.25) is 0 Å². The van der Waals surface area contributed by atoms with Crippen LogP contribution in [0.5, 0.6) is 0 Å².